The van der Waals surface area contributed by atoms with E-state index in [-0.39, 0.29) is 5.69 Å². The molecular formula is C13H12F2N2O3. The van der Waals surface area contributed by atoms with Gasteiger partial charge >= 0.3 is 0 Å². The Bertz CT molecular complexity index is 572. The molecule has 0 aliphatic carbocycles. The van der Waals surface area contributed by atoms with Gasteiger partial charge in [0.05, 0.1) is 0 Å². The molecule has 0 aliphatic heterocycles. The second kappa shape index (κ2) is 6.25. The number of nitrogens with zero attached hydrogens (tertiary/aromatic N) is 1. The van der Waals surface area contributed by atoms with Crippen molar-refractivity contribution in [3.8, 4) is 11.3 Å². The van der Waals surface area contributed by atoms with Gasteiger partial charge in [0.1, 0.15) is 6.10 Å². The van der Waals surface area contributed by atoms with Gasteiger partial charge in [-0.05, 0) is 0 Å². The molecule has 0 spiro atoms. The fraction of sp³-hybridized carbons (Fsp3) is 0.231. The second-order valence-electron chi connectivity index (χ2n) is 4.05. The van der Waals surface area contributed by atoms with Crippen molar-refractivity contribution in [3.05, 3.63) is 42.1 Å². The first kappa shape index (κ1) is 14.1. The molecule has 0 fully saturated rings. The highest BCUT2D eigenvalue weighted by molar-refractivity contribution is 5.93. The van der Waals surface area contributed by atoms with Crippen molar-refractivity contribution in [2.24, 2.45) is 0 Å². The first-order chi connectivity index (χ1) is 9.58. The standard InChI is InChI=1S/C13H12F2N2O3/c14-12(15)10(18)7-16-13(19)9-6-11(20-17-9)8-4-2-1-3-5-8/h1-6,10,12,18H,7H2,(H,16,19). The third-order valence-corrected chi connectivity index (χ3v) is 2.56. The molecule has 2 N–H and O–H groups in total. The summed E-state index contributed by atoms with van der Waals surface area (Å²) in [6, 6.07) is 10.4. The number of carbonyl (C=O) groups excluding carboxylic acids is 1. The zero-order valence-corrected chi connectivity index (χ0v) is 10.3. The molecule has 0 aliphatic rings. The van der Waals surface area contributed by atoms with Crippen LogP contribution in [-0.4, -0.2) is 35.2 Å². The lowest BCUT2D eigenvalue weighted by Crippen LogP contribution is -2.35. The van der Waals surface area contributed by atoms with Gasteiger partial charge in [0.25, 0.3) is 12.3 Å². The average molecular weight is 282 g/mol. The van der Waals surface area contributed by atoms with Crippen LogP contribution in [0.25, 0.3) is 11.3 Å². The zero-order chi connectivity index (χ0) is 14.5. The molecule has 0 bridgehead atoms. The Morgan fingerprint density at radius 3 is 2.70 bits per heavy atom. The summed E-state index contributed by atoms with van der Waals surface area (Å²) >= 11 is 0. The summed E-state index contributed by atoms with van der Waals surface area (Å²) in [5.41, 5.74) is 0.706. The maximum absolute atomic E-state index is 12.1. The number of rotatable bonds is 5. The maximum Gasteiger partial charge on any atom is 0.273 e. The Kier molecular flexibility index (Phi) is 4.41. The molecule has 106 valence electrons. The fourth-order valence-corrected chi connectivity index (χ4v) is 1.50. The van der Waals surface area contributed by atoms with E-state index in [1.165, 1.54) is 6.07 Å². The molecular weight excluding hydrogens is 270 g/mol. The highest BCUT2D eigenvalue weighted by atomic mass is 19.3. The average Bonchev–Trinajstić information content (AvgIpc) is 2.95. The van der Waals surface area contributed by atoms with E-state index >= 15 is 0 Å². The lowest BCUT2D eigenvalue weighted by atomic mass is 10.1. The number of alkyl halides is 2. The van der Waals surface area contributed by atoms with Gasteiger partial charge in [0, 0.05) is 18.2 Å². The fourth-order valence-electron chi connectivity index (χ4n) is 1.50. The monoisotopic (exact) mass is 282 g/mol. The Morgan fingerprint density at radius 1 is 1.35 bits per heavy atom. The summed E-state index contributed by atoms with van der Waals surface area (Å²) in [5, 5.41) is 14.6. The SMILES string of the molecule is O=C(NCC(O)C(F)F)c1cc(-c2ccccc2)on1. The van der Waals surface area contributed by atoms with Gasteiger partial charge in [-0.2, -0.15) is 0 Å². The third kappa shape index (κ3) is 3.39. The number of hydrogen-bond acceptors (Lipinski definition) is 4. The number of aromatic nitrogens is 1. The predicted molar refractivity (Wildman–Crippen MR) is 66.3 cm³/mol. The first-order valence-corrected chi connectivity index (χ1v) is 5.84. The number of halogens is 2. The lowest BCUT2D eigenvalue weighted by Gasteiger charge is -2.09. The Labute approximate surface area is 113 Å². The molecule has 20 heavy (non-hydrogen) atoms. The molecule has 1 aromatic heterocycles. The third-order valence-electron chi connectivity index (χ3n) is 2.56. The van der Waals surface area contributed by atoms with Crippen LogP contribution in [0, 0.1) is 0 Å². The number of amides is 1. The molecule has 2 rings (SSSR count). The number of aliphatic hydroxyl groups excluding tert-OH is 1. The van der Waals surface area contributed by atoms with Crippen LogP contribution >= 0.6 is 0 Å². The normalized spacial score (nSPS) is 12.4. The van der Waals surface area contributed by atoms with Crippen molar-refractivity contribution in [2.75, 3.05) is 6.54 Å². The Balaban J connectivity index is 2.00. The summed E-state index contributed by atoms with van der Waals surface area (Å²) in [6.45, 7) is -0.552. The molecule has 0 saturated carbocycles. The van der Waals surface area contributed by atoms with Crippen molar-refractivity contribution in [1.82, 2.24) is 10.5 Å². The van der Waals surface area contributed by atoms with E-state index in [0.717, 1.165) is 5.56 Å². The van der Waals surface area contributed by atoms with Gasteiger partial charge in [0.2, 0.25) is 0 Å². The van der Waals surface area contributed by atoms with Crippen LogP contribution in [0.2, 0.25) is 0 Å². The van der Waals surface area contributed by atoms with Crippen LogP contribution < -0.4 is 5.32 Å². The lowest BCUT2D eigenvalue weighted by molar-refractivity contribution is -0.00274. The van der Waals surface area contributed by atoms with Crippen LogP contribution in [-0.2, 0) is 0 Å². The minimum Gasteiger partial charge on any atom is -0.385 e. The Morgan fingerprint density at radius 2 is 2.05 bits per heavy atom. The number of aliphatic hydroxyl groups is 1. The van der Waals surface area contributed by atoms with E-state index < -0.39 is 25.0 Å². The summed E-state index contributed by atoms with van der Waals surface area (Å²) in [7, 11) is 0. The van der Waals surface area contributed by atoms with Crippen LogP contribution in [0.1, 0.15) is 10.5 Å². The van der Waals surface area contributed by atoms with E-state index in [1.54, 1.807) is 24.3 Å². The van der Waals surface area contributed by atoms with E-state index in [0.29, 0.717) is 5.76 Å². The zero-order valence-electron chi connectivity index (χ0n) is 10.3. The van der Waals surface area contributed by atoms with Crippen molar-refractivity contribution in [1.29, 1.82) is 0 Å². The molecule has 2 aromatic rings. The van der Waals surface area contributed by atoms with Gasteiger partial charge in [-0.25, -0.2) is 8.78 Å². The first-order valence-electron chi connectivity index (χ1n) is 5.84. The van der Waals surface area contributed by atoms with E-state index in [2.05, 4.69) is 10.5 Å². The quantitative estimate of drug-likeness (QED) is 0.875. The highest BCUT2D eigenvalue weighted by Gasteiger charge is 2.19. The van der Waals surface area contributed by atoms with Crippen LogP contribution in [0.3, 0.4) is 0 Å². The van der Waals surface area contributed by atoms with Crippen molar-refractivity contribution in [2.45, 2.75) is 12.5 Å². The van der Waals surface area contributed by atoms with Crippen LogP contribution in [0.15, 0.2) is 40.9 Å². The van der Waals surface area contributed by atoms with Crippen LogP contribution in [0.5, 0.6) is 0 Å². The van der Waals surface area contributed by atoms with E-state index in [9.17, 15) is 13.6 Å². The smallest absolute Gasteiger partial charge is 0.273 e. The summed E-state index contributed by atoms with van der Waals surface area (Å²) in [4.78, 5) is 11.6. The van der Waals surface area contributed by atoms with Gasteiger partial charge in [-0.3, -0.25) is 4.79 Å². The van der Waals surface area contributed by atoms with Crippen molar-refractivity contribution >= 4 is 5.91 Å². The van der Waals surface area contributed by atoms with E-state index in [1.807, 2.05) is 6.07 Å². The molecule has 1 atom stereocenters. The number of hydrogen-bond donors (Lipinski definition) is 2. The van der Waals surface area contributed by atoms with Gasteiger partial charge in [-0.15, -0.1) is 0 Å². The summed E-state index contributed by atoms with van der Waals surface area (Å²) in [6.07, 6.45) is -4.81. The molecule has 7 heteroatoms. The molecule has 5 nitrogen and oxygen atoms in total. The largest absolute Gasteiger partial charge is 0.385 e. The van der Waals surface area contributed by atoms with Crippen LogP contribution in [0.4, 0.5) is 8.78 Å². The van der Waals surface area contributed by atoms with Crippen molar-refractivity contribution in [3.63, 3.8) is 0 Å². The van der Waals surface area contributed by atoms with E-state index in [4.69, 9.17) is 9.63 Å². The number of nitrogens with one attached hydrogen (secondary N) is 1. The van der Waals surface area contributed by atoms with Gasteiger partial charge < -0.3 is 14.9 Å². The molecule has 0 saturated heterocycles. The molecule has 1 heterocycles. The predicted octanol–water partition coefficient (Wildman–Crippen LogP) is 1.70. The molecule has 1 unspecified atom stereocenters. The molecule has 1 aromatic carbocycles. The molecule has 1 amide bonds. The second-order valence-corrected chi connectivity index (χ2v) is 4.05. The Hall–Kier alpha value is -2.28. The van der Waals surface area contributed by atoms with Gasteiger partial charge in [0.15, 0.2) is 11.5 Å². The van der Waals surface area contributed by atoms with Gasteiger partial charge in [-0.1, -0.05) is 35.5 Å². The minimum atomic E-state index is -2.91. The maximum atomic E-state index is 12.1. The summed E-state index contributed by atoms with van der Waals surface area (Å²) in [5.74, 6) is -0.291. The minimum absolute atomic E-state index is 0.0367. The topological polar surface area (TPSA) is 75.4 Å². The van der Waals surface area contributed by atoms with Crippen molar-refractivity contribution < 1.29 is 23.2 Å². The number of carbonyl (C=O) groups is 1. The number of benzene rings is 1. The summed E-state index contributed by atoms with van der Waals surface area (Å²) < 4.78 is 29.1. The highest BCUT2D eigenvalue weighted by Crippen LogP contribution is 2.19. The molecule has 0 radical (unpaired) electrons.